The van der Waals surface area contributed by atoms with Crippen LogP contribution in [0.3, 0.4) is 0 Å². The van der Waals surface area contributed by atoms with Crippen molar-refractivity contribution in [1.29, 1.82) is 0 Å². The Hall–Kier alpha value is -0.170. The second kappa shape index (κ2) is 8.85. The summed E-state index contributed by atoms with van der Waals surface area (Å²) >= 11 is 0. The fraction of sp³-hybridized carbons (Fsp3) is 1.00. The smallest absolute Gasteiger partial charge is 0.279 e. The Morgan fingerprint density at radius 3 is 2.41 bits per heavy atom. The Kier molecular flexibility index (Phi) is 8.77. The summed E-state index contributed by atoms with van der Waals surface area (Å²) in [4.78, 5) is 0. The molecule has 2 N–H and O–H groups in total. The van der Waals surface area contributed by atoms with Crippen LogP contribution in [0.15, 0.2) is 0 Å². The van der Waals surface area contributed by atoms with Crippen molar-refractivity contribution in [3.05, 3.63) is 0 Å². The number of hydrogen-bond acceptors (Lipinski definition) is 3. The lowest BCUT2D eigenvalue weighted by atomic mass is 10.3. The van der Waals surface area contributed by atoms with E-state index >= 15 is 0 Å². The van der Waals surface area contributed by atoms with Gasteiger partial charge in [-0.1, -0.05) is 13.8 Å². The van der Waals surface area contributed by atoms with Crippen molar-refractivity contribution in [2.24, 2.45) is 0 Å². The lowest BCUT2D eigenvalue weighted by Crippen LogP contribution is -2.43. The molecule has 0 aromatic rings. The van der Waals surface area contributed by atoms with Gasteiger partial charge in [-0.15, -0.1) is 0 Å². The van der Waals surface area contributed by atoms with E-state index in [0.717, 1.165) is 32.4 Å². The minimum atomic E-state index is -3.31. The molecule has 0 radical (unpaired) electrons. The first-order valence-electron chi connectivity index (χ1n) is 6.38. The average Bonchev–Trinajstić information content (AvgIpc) is 2.27. The van der Waals surface area contributed by atoms with E-state index in [9.17, 15) is 8.42 Å². The van der Waals surface area contributed by atoms with Crippen LogP contribution >= 0.6 is 0 Å². The lowest BCUT2D eigenvalue weighted by Gasteiger charge is -2.20. The molecule has 0 heterocycles. The summed E-state index contributed by atoms with van der Waals surface area (Å²) in [5.74, 6) is 0. The van der Waals surface area contributed by atoms with E-state index in [0.29, 0.717) is 6.54 Å². The fourth-order valence-corrected chi connectivity index (χ4v) is 2.50. The van der Waals surface area contributed by atoms with Gasteiger partial charge in [0.1, 0.15) is 0 Å². The summed E-state index contributed by atoms with van der Waals surface area (Å²) in [6.45, 7) is 8.33. The molecule has 0 saturated carbocycles. The van der Waals surface area contributed by atoms with Gasteiger partial charge >= 0.3 is 0 Å². The van der Waals surface area contributed by atoms with Crippen LogP contribution < -0.4 is 10.0 Å². The van der Waals surface area contributed by atoms with Crippen LogP contribution in [0.4, 0.5) is 0 Å². The lowest BCUT2D eigenvalue weighted by molar-refractivity contribution is 0.436. The highest BCUT2D eigenvalue weighted by atomic mass is 32.2. The van der Waals surface area contributed by atoms with Gasteiger partial charge in [-0.2, -0.15) is 17.4 Å². The maximum atomic E-state index is 11.8. The zero-order valence-corrected chi connectivity index (χ0v) is 12.3. The number of nitrogens with one attached hydrogen (secondary N) is 2. The predicted octanol–water partition coefficient (Wildman–Crippen LogP) is 0.941. The van der Waals surface area contributed by atoms with Gasteiger partial charge in [-0.05, 0) is 39.3 Å². The van der Waals surface area contributed by atoms with Crippen LogP contribution in [-0.4, -0.2) is 45.4 Å². The third kappa shape index (κ3) is 7.70. The van der Waals surface area contributed by atoms with E-state index in [1.165, 1.54) is 4.31 Å². The molecule has 0 fully saturated rings. The second-order valence-electron chi connectivity index (χ2n) is 4.36. The molecule has 0 saturated heterocycles. The summed E-state index contributed by atoms with van der Waals surface area (Å²) in [5, 5.41) is 3.25. The Bertz CT molecular complexity index is 280. The Balaban J connectivity index is 3.91. The van der Waals surface area contributed by atoms with Crippen molar-refractivity contribution >= 4 is 10.2 Å². The van der Waals surface area contributed by atoms with E-state index in [1.807, 2.05) is 13.8 Å². The third-order valence-electron chi connectivity index (χ3n) is 2.63. The molecule has 0 aliphatic carbocycles. The van der Waals surface area contributed by atoms with E-state index in [4.69, 9.17) is 0 Å². The molecule has 0 aromatic carbocycles. The van der Waals surface area contributed by atoms with Gasteiger partial charge in [0, 0.05) is 19.6 Å². The molecule has 0 rings (SSSR count). The maximum absolute atomic E-state index is 11.8. The molecule has 1 unspecified atom stereocenters. The van der Waals surface area contributed by atoms with Gasteiger partial charge in [0.15, 0.2) is 0 Å². The van der Waals surface area contributed by atoms with Crippen molar-refractivity contribution in [2.45, 2.75) is 46.1 Å². The van der Waals surface area contributed by atoms with Crippen LogP contribution in [0.2, 0.25) is 0 Å². The quantitative estimate of drug-likeness (QED) is 0.578. The van der Waals surface area contributed by atoms with Crippen molar-refractivity contribution in [3.63, 3.8) is 0 Å². The molecule has 0 spiro atoms. The first-order valence-corrected chi connectivity index (χ1v) is 7.82. The van der Waals surface area contributed by atoms with Gasteiger partial charge in [0.05, 0.1) is 0 Å². The standard InChI is InChI=1S/C11H27N3O2S/c1-5-8-12-9-7-10-14(4)17(15,16)13-11(3)6-2/h11-13H,5-10H2,1-4H3. The Labute approximate surface area is 106 Å². The largest absolute Gasteiger partial charge is 0.317 e. The number of nitrogens with zero attached hydrogens (tertiary/aromatic N) is 1. The molecule has 104 valence electrons. The summed E-state index contributed by atoms with van der Waals surface area (Å²) in [6.07, 6.45) is 2.73. The van der Waals surface area contributed by atoms with Crippen LogP contribution in [-0.2, 0) is 10.2 Å². The SMILES string of the molecule is CCCNCCCN(C)S(=O)(=O)NC(C)CC. The zero-order valence-electron chi connectivity index (χ0n) is 11.5. The van der Waals surface area contributed by atoms with Gasteiger partial charge in [-0.3, -0.25) is 0 Å². The minimum absolute atomic E-state index is 0.0133. The topological polar surface area (TPSA) is 61.4 Å². The Morgan fingerprint density at radius 2 is 1.88 bits per heavy atom. The molecule has 17 heavy (non-hydrogen) atoms. The number of rotatable bonds is 10. The van der Waals surface area contributed by atoms with Crippen molar-refractivity contribution in [3.8, 4) is 0 Å². The molecule has 1 atom stereocenters. The third-order valence-corrected chi connectivity index (χ3v) is 4.33. The molecule has 0 aliphatic heterocycles. The van der Waals surface area contributed by atoms with Gasteiger partial charge < -0.3 is 5.32 Å². The molecule has 6 heteroatoms. The second-order valence-corrected chi connectivity index (χ2v) is 6.17. The summed E-state index contributed by atoms with van der Waals surface area (Å²) < 4.78 is 27.6. The average molecular weight is 265 g/mol. The van der Waals surface area contributed by atoms with Gasteiger partial charge in [-0.25, -0.2) is 0 Å². The molecule has 0 bridgehead atoms. The van der Waals surface area contributed by atoms with Gasteiger partial charge in [0.2, 0.25) is 0 Å². The van der Waals surface area contributed by atoms with Crippen molar-refractivity contribution < 1.29 is 8.42 Å². The van der Waals surface area contributed by atoms with E-state index in [2.05, 4.69) is 17.0 Å². The molecular formula is C11H27N3O2S. The molecule has 0 aliphatic rings. The van der Waals surface area contributed by atoms with Crippen LogP contribution in [0.25, 0.3) is 0 Å². The molecule has 0 aromatic heterocycles. The summed E-state index contributed by atoms with van der Waals surface area (Å²) in [6, 6.07) is -0.0133. The predicted molar refractivity (Wildman–Crippen MR) is 72.2 cm³/mol. The number of hydrogen-bond donors (Lipinski definition) is 2. The maximum Gasteiger partial charge on any atom is 0.279 e. The van der Waals surface area contributed by atoms with Crippen LogP contribution in [0.1, 0.15) is 40.0 Å². The van der Waals surface area contributed by atoms with Crippen LogP contribution in [0, 0.1) is 0 Å². The minimum Gasteiger partial charge on any atom is -0.317 e. The van der Waals surface area contributed by atoms with E-state index in [1.54, 1.807) is 7.05 Å². The highest BCUT2D eigenvalue weighted by Gasteiger charge is 2.18. The highest BCUT2D eigenvalue weighted by Crippen LogP contribution is 1.99. The Morgan fingerprint density at radius 1 is 1.24 bits per heavy atom. The summed E-state index contributed by atoms with van der Waals surface area (Å²) in [5.41, 5.74) is 0. The fourth-order valence-electron chi connectivity index (χ4n) is 1.28. The molecular weight excluding hydrogens is 238 g/mol. The van der Waals surface area contributed by atoms with Crippen LogP contribution in [0.5, 0.6) is 0 Å². The monoisotopic (exact) mass is 265 g/mol. The molecule has 0 amide bonds. The van der Waals surface area contributed by atoms with E-state index < -0.39 is 10.2 Å². The first-order chi connectivity index (χ1) is 7.94. The van der Waals surface area contributed by atoms with Crippen molar-refractivity contribution in [2.75, 3.05) is 26.7 Å². The highest BCUT2D eigenvalue weighted by molar-refractivity contribution is 7.87. The molecule has 5 nitrogen and oxygen atoms in total. The van der Waals surface area contributed by atoms with Gasteiger partial charge in [0.25, 0.3) is 10.2 Å². The van der Waals surface area contributed by atoms with E-state index in [-0.39, 0.29) is 6.04 Å². The summed E-state index contributed by atoms with van der Waals surface area (Å²) in [7, 11) is -1.69. The zero-order chi connectivity index (χ0) is 13.3. The normalized spacial score (nSPS) is 14.2. The van der Waals surface area contributed by atoms with Crippen molar-refractivity contribution in [1.82, 2.24) is 14.3 Å². The first kappa shape index (κ1) is 16.8.